The van der Waals surface area contributed by atoms with Gasteiger partial charge in [0.15, 0.2) is 0 Å². The van der Waals surface area contributed by atoms with Gasteiger partial charge in [-0.2, -0.15) is 5.10 Å². The molecule has 2 rings (SSSR count). The minimum Gasteiger partial charge on any atom is -0.497 e. The number of likely N-dealkylation sites (N-methyl/N-ethyl adjacent to an activating group) is 1. The highest BCUT2D eigenvalue weighted by molar-refractivity contribution is 5.31. The van der Waals surface area contributed by atoms with Crippen LogP contribution in [0.3, 0.4) is 0 Å². The molecule has 1 aromatic heterocycles. The summed E-state index contributed by atoms with van der Waals surface area (Å²) in [5, 5.41) is 7.34. The standard InChI is InChI=1S/C15H21FN4O/c1-4-7-20-15(18-10-19-20)9-14(17-2)12-6-5-11(21-3)8-13(12)16/h5-6,8,10,14,17H,4,7,9H2,1-3H3. The first-order valence-electron chi connectivity index (χ1n) is 7.07. The lowest BCUT2D eigenvalue weighted by molar-refractivity contribution is 0.409. The second-order valence-corrected chi connectivity index (χ2v) is 4.83. The molecule has 0 saturated heterocycles. The topological polar surface area (TPSA) is 52.0 Å². The summed E-state index contributed by atoms with van der Waals surface area (Å²) >= 11 is 0. The Balaban J connectivity index is 2.21. The molecular formula is C15H21FN4O. The van der Waals surface area contributed by atoms with Gasteiger partial charge in [-0.15, -0.1) is 0 Å². The number of aryl methyl sites for hydroxylation is 1. The van der Waals surface area contributed by atoms with Gasteiger partial charge in [-0.05, 0) is 19.5 Å². The van der Waals surface area contributed by atoms with E-state index in [9.17, 15) is 4.39 Å². The van der Waals surface area contributed by atoms with Crippen LogP contribution in [-0.2, 0) is 13.0 Å². The average Bonchev–Trinajstić information content (AvgIpc) is 2.92. The predicted molar refractivity (Wildman–Crippen MR) is 78.8 cm³/mol. The molecule has 1 N–H and O–H groups in total. The number of benzene rings is 1. The predicted octanol–water partition coefficient (Wildman–Crippen LogP) is 2.34. The maximum absolute atomic E-state index is 14.2. The van der Waals surface area contributed by atoms with Crippen LogP contribution in [0.25, 0.3) is 0 Å². The SMILES string of the molecule is CCCn1ncnc1CC(NC)c1ccc(OC)cc1F. The first-order chi connectivity index (χ1) is 10.2. The Bertz CT molecular complexity index is 585. The van der Waals surface area contributed by atoms with Crippen molar-refractivity contribution in [1.29, 1.82) is 0 Å². The number of ether oxygens (including phenoxy) is 1. The maximum Gasteiger partial charge on any atom is 0.138 e. The number of nitrogens with one attached hydrogen (secondary N) is 1. The number of hydrogen-bond donors (Lipinski definition) is 1. The zero-order chi connectivity index (χ0) is 15.2. The van der Waals surface area contributed by atoms with Crippen LogP contribution >= 0.6 is 0 Å². The molecule has 0 saturated carbocycles. The van der Waals surface area contributed by atoms with Crippen molar-refractivity contribution in [2.75, 3.05) is 14.2 Å². The Morgan fingerprint density at radius 2 is 2.24 bits per heavy atom. The quantitative estimate of drug-likeness (QED) is 0.851. The van der Waals surface area contributed by atoms with Crippen molar-refractivity contribution in [2.45, 2.75) is 32.4 Å². The number of halogens is 1. The van der Waals surface area contributed by atoms with Crippen LogP contribution in [0, 0.1) is 5.82 Å². The highest BCUT2D eigenvalue weighted by Gasteiger charge is 2.18. The molecule has 2 aromatic rings. The molecule has 0 spiro atoms. The smallest absolute Gasteiger partial charge is 0.138 e. The van der Waals surface area contributed by atoms with E-state index in [-0.39, 0.29) is 11.9 Å². The van der Waals surface area contributed by atoms with E-state index in [0.29, 0.717) is 17.7 Å². The Kier molecular flexibility index (Phi) is 5.27. The van der Waals surface area contributed by atoms with Gasteiger partial charge < -0.3 is 10.1 Å². The molecule has 6 heteroatoms. The molecule has 0 bridgehead atoms. The lowest BCUT2D eigenvalue weighted by Crippen LogP contribution is -2.22. The summed E-state index contributed by atoms with van der Waals surface area (Å²) < 4.78 is 21.1. The Hall–Kier alpha value is -1.95. The van der Waals surface area contributed by atoms with Gasteiger partial charge in [-0.25, -0.2) is 9.37 Å². The molecule has 114 valence electrons. The van der Waals surface area contributed by atoms with Gasteiger partial charge in [-0.1, -0.05) is 13.0 Å². The van der Waals surface area contributed by atoms with Crippen molar-refractivity contribution in [3.8, 4) is 5.75 Å². The van der Waals surface area contributed by atoms with Gasteiger partial charge in [0.1, 0.15) is 23.7 Å². The van der Waals surface area contributed by atoms with Crippen molar-refractivity contribution >= 4 is 0 Å². The van der Waals surface area contributed by atoms with Crippen LogP contribution in [-0.4, -0.2) is 28.9 Å². The summed E-state index contributed by atoms with van der Waals surface area (Å²) in [7, 11) is 3.34. The summed E-state index contributed by atoms with van der Waals surface area (Å²) in [6.07, 6.45) is 3.11. The summed E-state index contributed by atoms with van der Waals surface area (Å²) in [6, 6.07) is 4.75. The van der Waals surface area contributed by atoms with Crippen LogP contribution in [0.2, 0.25) is 0 Å². The Morgan fingerprint density at radius 1 is 1.43 bits per heavy atom. The molecular weight excluding hydrogens is 271 g/mol. The summed E-state index contributed by atoms with van der Waals surface area (Å²) in [5.74, 6) is 1.09. The molecule has 0 amide bonds. The molecule has 0 radical (unpaired) electrons. The van der Waals surface area contributed by atoms with Gasteiger partial charge in [0.25, 0.3) is 0 Å². The van der Waals surface area contributed by atoms with Crippen molar-refractivity contribution in [3.63, 3.8) is 0 Å². The van der Waals surface area contributed by atoms with Gasteiger partial charge in [0, 0.05) is 30.6 Å². The third-order valence-corrected chi connectivity index (χ3v) is 3.45. The van der Waals surface area contributed by atoms with E-state index < -0.39 is 0 Å². The minimum atomic E-state index is -0.282. The Morgan fingerprint density at radius 3 is 2.86 bits per heavy atom. The van der Waals surface area contributed by atoms with Crippen LogP contribution in [0.5, 0.6) is 5.75 Å². The lowest BCUT2D eigenvalue weighted by Gasteiger charge is -2.18. The fraction of sp³-hybridized carbons (Fsp3) is 0.467. The molecule has 0 aliphatic carbocycles. The largest absolute Gasteiger partial charge is 0.497 e. The molecule has 0 fully saturated rings. The van der Waals surface area contributed by atoms with Crippen molar-refractivity contribution in [3.05, 3.63) is 41.7 Å². The second kappa shape index (κ2) is 7.17. The van der Waals surface area contributed by atoms with Gasteiger partial charge in [0.05, 0.1) is 7.11 Å². The lowest BCUT2D eigenvalue weighted by atomic mass is 10.0. The number of nitrogens with zero attached hydrogens (tertiary/aromatic N) is 3. The number of aromatic nitrogens is 3. The van der Waals surface area contributed by atoms with E-state index in [1.54, 1.807) is 18.5 Å². The van der Waals surface area contributed by atoms with E-state index in [4.69, 9.17) is 4.74 Å². The second-order valence-electron chi connectivity index (χ2n) is 4.83. The monoisotopic (exact) mass is 292 g/mol. The zero-order valence-electron chi connectivity index (χ0n) is 12.6. The summed E-state index contributed by atoms with van der Waals surface area (Å²) in [4.78, 5) is 4.28. The minimum absolute atomic E-state index is 0.157. The number of rotatable bonds is 7. The first-order valence-corrected chi connectivity index (χ1v) is 7.07. The first kappa shape index (κ1) is 15.4. The summed E-state index contributed by atoms with van der Waals surface area (Å²) in [5.41, 5.74) is 0.601. The van der Waals surface area contributed by atoms with E-state index >= 15 is 0 Å². The molecule has 1 atom stereocenters. The molecule has 1 aromatic carbocycles. The fourth-order valence-corrected chi connectivity index (χ4v) is 2.31. The van der Waals surface area contributed by atoms with E-state index in [0.717, 1.165) is 18.8 Å². The van der Waals surface area contributed by atoms with Crippen molar-refractivity contribution in [2.24, 2.45) is 0 Å². The van der Waals surface area contributed by atoms with Gasteiger partial charge in [-0.3, -0.25) is 4.68 Å². The molecule has 0 aliphatic heterocycles. The molecule has 1 unspecified atom stereocenters. The molecule has 1 heterocycles. The third-order valence-electron chi connectivity index (χ3n) is 3.45. The third kappa shape index (κ3) is 3.58. The maximum atomic E-state index is 14.2. The molecule has 5 nitrogen and oxygen atoms in total. The van der Waals surface area contributed by atoms with E-state index in [1.165, 1.54) is 13.2 Å². The highest BCUT2D eigenvalue weighted by atomic mass is 19.1. The fourth-order valence-electron chi connectivity index (χ4n) is 2.31. The zero-order valence-corrected chi connectivity index (χ0v) is 12.6. The van der Waals surface area contributed by atoms with Gasteiger partial charge >= 0.3 is 0 Å². The number of hydrogen-bond acceptors (Lipinski definition) is 4. The van der Waals surface area contributed by atoms with Crippen molar-refractivity contribution in [1.82, 2.24) is 20.1 Å². The molecule has 21 heavy (non-hydrogen) atoms. The average molecular weight is 292 g/mol. The highest BCUT2D eigenvalue weighted by Crippen LogP contribution is 2.24. The molecule has 0 aliphatic rings. The van der Waals surface area contributed by atoms with Crippen LogP contribution in [0.1, 0.15) is 30.8 Å². The number of methoxy groups -OCH3 is 1. The van der Waals surface area contributed by atoms with Crippen LogP contribution < -0.4 is 10.1 Å². The van der Waals surface area contributed by atoms with Crippen molar-refractivity contribution < 1.29 is 9.13 Å². The van der Waals surface area contributed by atoms with Gasteiger partial charge in [0.2, 0.25) is 0 Å². The Labute approximate surface area is 124 Å². The normalized spacial score (nSPS) is 12.4. The van der Waals surface area contributed by atoms with E-state index in [1.807, 2.05) is 11.7 Å². The van der Waals surface area contributed by atoms with Crippen LogP contribution in [0.4, 0.5) is 4.39 Å². The van der Waals surface area contributed by atoms with E-state index in [2.05, 4.69) is 22.3 Å². The summed E-state index contributed by atoms with van der Waals surface area (Å²) in [6.45, 7) is 2.90. The van der Waals surface area contributed by atoms with Crippen LogP contribution in [0.15, 0.2) is 24.5 Å².